The molecule has 2 heterocycles. The van der Waals surface area contributed by atoms with Gasteiger partial charge in [0.25, 0.3) is 0 Å². The summed E-state index contributed by atoms with van der Waals surface area (Å²) in [6, 6.07) is 5.28. The number of carbonyl (C=O) groups excluding carboxylic acids is 2. The molecule has 5 nitrogen and oxygen atoms in total. The van der Waals surface area contributed by atoms with Crippen molar-refractivity contribution >= 4 is 82.4 Å². The Morgan fingerprint density at radius 2 is 1.48 bits per heavy atom. The number of esters is 2. The number of rotatable bonds is 4. The fourth-order valence-corrected chi connectivity index (χ4v) is 5.64. The van der Waals surface area contributed by atoms with Gasteiger partial charge in [-0.1, -0.05) is 0 Å². The molecule has 2 aromatic heterocycles. The molecule has 0 amide bonds. The van der Waals surface area contributed by atoms with E-state index in [4.69, 9.17) is 14.7 Å². The van der Waals surface area contributed by atoms with E-state index in [0.29, 0.717) is 29.2 Å². The summed E-state index contributed by atoms with van der Waals surface area (Å²) in [5.74, 6) is -0.729. The average Bonchev–Trinajstić information content (AvgIpc) is 3.10. The van der Waals surface area contributed by atoms with Gasteiger partial charge >= 0.3 is 11.9 Å². The second-order valence-electron chi connectivity index (χ2n) is 4.08. The van der Waals surface area contributed by atoms with Crippen molar-refractivity contribution in [2.24, 2.45) is 0 Å². The van der Waals surface area contributed by atoms with Gasteiger partial charge in [0.15, 0.2) is 0 Å². The predicted octanol–water partition coefficient (Wildman–Crippen LogP) is 6.01. The number of nitriles is 1. The Bertz CT molecular complexity index is 795. The fourth-order valence-electron chi connectivity index (χ4n) is 1.49. The number of nitrogens with zero attached hydrogens (tertiary/aromatic N) is 1. The van der Waals surface area contributed by atoms with E-state index in [1.54, 1.807) is 26.0 Å². The minimum Gasteiger partial charge on any atom is -0.462 e. The summed E-state index contributed by atoms with van der Waals surface area (Å²) in [7, 11) is 0. The van der Waals surface area contributed by atoms with Gasteiger partial charge in [-0.2, -0.15) is 5.26 Å². The van der Waals surface area contributed by atoms with Crippen LogP contribution in [0.25, 0.3) is 0 Å². The highest BCUT2D eigenvalue weighted by Gasteiger charge is 2.16. The summed E-state index contributed by atoms with van der Waals surface area (Å²) >= 11 is 12.4. The number of hydrogen-bond donors (Lipinski definition) is 0. The Labute approximate surface area is 178 Å². The Morgan fingerprint density at radius 3 is 1.92 bits per heavy atom. The lowest BCUT2D eigenvalue weighted by Crippen LogP contribution is -2.04. The molecular weight excluding hydrogens is 562 g/mol. The Hall–Kier alpha value is -0.730. The van der Waals surface area contributed by atoms with Crippen LogP contribution < -0.4 is 0 Å². The minimum absolute atomic E-state index is 0.286. The smallest absolute Gasteiger partial charge is 0.340 e. The molecule has 0 saturated carbocycles. The van der Waals surface area contributed by atoms with Crippen molar-refractivity contribution < 1.29 is 19.1 Å². The van der Waals surface area contributed by atoms with Crippen molar-refractivity contribution in [2.75, 3.05) is 13.2 Å². The second kappa shape index (κ2) is 11.1. The minimum atomic E-state index is -0.444. The van der Waals surface area contributed by atoms with Crippen LogP contribution in [0.1, 0.15) is 39.4 Å². The molecule has 2 aromatic rings. The van der Waals surface area contributed by atoms with Crippen molar-refractivity contribution in [1.29, 1.82) is 5.26 Å². The van der Waals surface area contributed by atoms with Gasteiger partial charge in [-0.05, 0) is 73.8 Å². The monoisotopic (exact) mass is 571 g/mol. The Balaban J connectivity index is 0.000000251. The first-order chi connectivity index (χ1) is 11.8. The normalized spacial score (nSPS) is 9.60. The molecule has 2 rings (SSSR count). The number of ether oxygens (including phenoxy) is 2. The molecule has 0 atom stereocenters. The molecule has 0 unspecified atom stereocenters. The largest absolute Gasteiger partial charge is 0.462 e. The van der Waals surface area contributed by atoms with Gasteiger partial charge in [0, 0.05) is 0 Å². The standard InChI is InChI=1S/C8H6BrNO2S.C7H6Br2O2S/c1-2-12-8(11)5-3-7(9)13-6(5)4-10;1-2-11-7(10)4-3-5(8)12-6(4)9/h3H,2H2,1H3;3H,2H2,1H3. The maximum Gasteiger partial charge on any atom is 0.340 e. The van der Waals surface area contributed by atoms with Gasteiger partial charge in [0.2, 0.25) is 0 Å². The SMILES string of the molecule is CCOC(=O)c1cc(Br)sc1Br.CCOC(=O)c1cc(Br)sc1C#N. The van der Waals surface area contributed by atoms with Crippen molar-refractivity contribution in [2.45, 2.75) is 13.8 Å². The van der Waals surface area contributed by atoms with Crippen LogP contribution in [0.5, 0.6) is 0 Å². The highest BCUT2D eigenvalue weighted by Crippen LogP contribution is 2.32. The van der Waals surface area contributed by atoms with E-state index in [2.05, 4.69) is 47.8 Å². The Kier molecular flexibility index (Phi) is 9.89. The van der Waals surface area contributed by atoms with Gasteiger partial charge in [0.05, 0.1) is 35.7 Å². The average molecular weight is 574 g/mol. The van der Waals surface area contributed by atoms with Crippen LogP contribution in [-0.4, -0.2) is 25.2 Å². The number of halogens is 3. The van der Waals surface area contributed by atoms with E-state index in [9.17, 15) is 9.59 Å². The molecule has 25 heavy (non-hydrogen) atoms. The molecule has 0 bridgehead atoms. The van der Waals surface area contributed by atoms with E-state index in [-0.39, 0.29) is 5.97 Å². The molecule has 134 valence electrons. The summed E-state index contributed by atoms with van der Waals surface area (Å²) in [6.07, 6.45) is 0. The van der Waals surface area contributed by atoms with E-state index >= 15 is 0 Å². The molecule has 0 aromatic carbocycles. The first kappa shape index (κ1) is 22.3. The topological polar surface area (TPSA) is 76.4 Å². The third-order valence-electron chi connectivity index (χ3n) is 2.45. The highest BCUT2D eigenvalue weighted by atomic mass is 79.9. The second-order valence-corrected chi connectivity index (χ2v) is 10.3. The quantitative estimate of drug-likeness (QED) is 0.419. The third kappa shape index (κ3) is 6.83. The maximum atomic E-state index is 11.3. The molecule has 0 N–H and O–H groups in total. The number of carbonyl (C=O) groups is 2. The summed E-state index contributed by atoms with van der Waals surface area (Å²) in [6.45, 7) is 4.23. The molecule has 10 heteroatoms. The molecule has 0 aliphatic carbocycles. The van der Waals surface area contributed by atoms with Crippen molar-refractivity contribution in [3.8, 4) is 6.07 Å². The maximum absolute atomic E-state index is 11.3. The Morgan fingerprint density at radius 1 is 1.00 bits per heavy atom. The zero-order valence-corrected chi connectivity index (χ0v) is 19.5. The van der Waals surface area contributed by atoms with Gasteiger partial charge in [-0.3, -0.25) is 0 Å². The summed E-state index contributed by atoms with van der Waals surface area (Å²) < 4.78 is 12.1. The lowest BCUT2D eigenvalue weighted by Gasteiger charge is -1.97. The van der Waals surface area contributed by atoms with Crippen LogP contribution >= 0.6 is 70.5 Å². The molecule has 0 aliphatic rings. The lowest BCUT2D eigenvalue weighted by atomic mass is 10.3. The zero-order valence-electron chi connectivity index (χ0n) is 13.1. The summed E-state index contributed by atoms with van der Waals surface area (Å²) in [5.41, 5.74) is 0.912. The van der Waals surface area contributed by atoms with E-state index < -0.39 is 5.97 Å². The van der Waals surface area contributed by atoms with Gasteiger partial charge in [-0.25, -0.2) is 9.59 Å². The first-order valence-corrected chi connectivity index (χ1v) is 10.8. The number of thiophene rings is 2. The van der Waals surface area contributed by atoms with Crippen molar-refractivity contribution in [3.63, 3.8) is 0 Å². The summed E-state index contributed by atoms with van der Waals surface area (Å²) in [4.78, 5) is 22.8. The van der Waals surface area contributed by atoms with E-state index in [0.717, 1.165) is 11.4 Å². The zero-order chi connectivity index (χ0) is 19.0. The van der Waals surface area contributed by atoms with Crippen LogP contribution in [0.3, 0.4) is 0 Å². The van der Waals surface area contributed by atoms with E-state index in [1.165, 1.54) is 22.7 Å². The van der Waals surface area contributed by atoms with Crippen LogP contribution in [0, 0.1) is 11.3 Å². The van der Waals surface area contributed by atoms with Crippen LogP contribution in [0.2, 0.25) is 0 Å². The molecule has 0 spiro atoms. The van der Waals surface area contributed by atoms with Crippen LogP contribution in [0.4, 0.5) is 0 Å². The predicted molar refractivity (Wildman–Crippen MR) is 108 cm³/mol. The van der Waals surface area contributed by atoms with Gasteiger partial charge in [-0.15, -0.1) is 22.7 Å². The van der Waals surface area contributed by atoms with Gasteiger partial charge in [0.1, 0.15) is 10.9 Å². The van der Waals surface area contributed by atoms with Crippen molar-refractivity contribution in [3.05, 3.63) is 39.5 Å². The van der Waals surface area contributed by atoms with E-state index in [1.807, 2.05) is 6.07 Å². The van der Waals surface area contributed by atoms with Gasteiger partial charge < -0.3 is 9.47 Å². The molecule has 0 radical (unpaired) electrons. The molecule has 0 aliphatic heterocycles. The molecular formula is C15H12Br3NO4S2. The lowest BCUT2D eigenvalue weighted by molar-refractivity contribution is 0.0516. The van der Waals surface area contributed by atoms with Crippen LogP contribution in [-0.2, 0) is 9.47 Å². The third-order valence-corrected chi connectivity index (χ3v) is 6.33. The summed E-state index contributed by atoms with van der Waals surface area (Å²) in [5, 5.41) is 8.68. The fraction of sp³-hybridized carbons (Fsp3) is 0.267. The first-order valence-electron chi connectivity index (χ1n) is 6.82. The molecule has 0 fully saturated rings. The highest BCUT2D eigenvalue weighted by molar-refractivity contribution is 9.12. The van der Waals surface area contributed by atoms with Crippen molar-refractivity contribution in [1.82, 2.24) is 0 Å². The number of hydrogen-bond acceptors (Lipinski definition) is 7. The molecule has 0 saturated heterocycles. The van der Waals surface area contributed by atoms with Crippen LogP contribution in [0.15, 0.2) is 23.5 Å².